The Morgan fingerprint density at radius 3 is 0.783 bits per heavy atom. The van der Waals surface area contributed by atoms with Gasteiger partial charge in [-0.3, -0.25) is 9.80 Å². The number of rotatable bonds is 0. The summed E-state index contributed by atoms with van der Waals surface area (Å²) >= 11 is 0. The van der Waals surface area contributed by atoms with E-state index in [9.17, 15) is 0 Å². The predicted molar refractivity (Wildman–Crippen MR) is 211 cm³/mol. The third kappa shape index (κ3) is 11.3. The zero-order chi connectivity index (χ0) is 36.2. The minimum atomic E-state index is 0. The Kier molecular flexibility index (Phi) is 13.9. The summed E-state index contributed by atoms with van der Waals surface area (Å²) in [5.74, 6) is 2.46. The van der Waals surface area contributed by atoms with Crippen LogP contribution in [0.2, 0.25) is 0 Å². The summed E-state index contributed by atoms with van der Waals surface area (Å²) in [5.41, 5.74) is 3.07. The molecule has 3 aliphatic rings. The van der Waals surface area contributed by atoms with Gasteiger partial charge in [0.25, 0.3) is 0 Å². The fourth-order valence-electron chi connectivity index (χ4n) is 8.90. The van der Waals surface area contributed by atoms with Crippen LogP contribution < -0.4 is 0 Å². The van der Waals surface area contributed by atoms with Crippen LogP contribution in [0, 0.1) is 34.0 Å². The van der Waals surface area contributed by atoms with E-state index in [4.69, 9.17) is 0 Å². The lowest BCUT2D eigenvalue weighted by Gasteiger charge is -2.56. The molecular formula is C43H90N3+. The van der Waals surface area contributed by atoms with Gasteiger partial charge in [-0.05, 0) is 157 Å². The summed E-state index contributed by atoms with van der Waals surface area (Å²) in [4.78, 5) is 5.12. The van der Waals surface area contributed by atoms with Crippen LogP contribution in [0.1, 0.15) is 191 Å². The van der Waals surface area contributed by atoms with Crippen molar-refractivity contribution in [3.63, 3.8) is 0 Å². The number of piperidine rings is 3. The largest absolute Gasteiger partial charge is 0.296 e. The number of hydrogen-bond acceptors (Lipinski definition) is 2. The molecule has 46 heavy (non-hydrogen) atoms. The molecule has 0 amide bonds. The molecule has 0 spiro atoms. The zero-order valence-electron chi connectivity index (χ0n) is 35.5. The molecule has 0 radical (unpaired) electrons. The van der Waals surface area contributed by atoms with E-state index in [0.717, 1.165) is 17.8 Å². The third-order valence-corrected chi connectivity index (χ3v) is 13.2. The van der Waals surface area contributed by atoms with Gasteiger partial charge < -0.3 is 0 Å². The summed E-state index contributed by atoms with van der Waals surface area (Å²) in [5, 5.41) is 0. The Balaban J connectivity index is 0.000000653. The second-order valence-corrected chi connectivity index (χ2v) is 22.8. The first-order valence-electron chi connectivity index (χ1n) is 18.5. The van der Waals surface area contributed by atoms with Crippen LogP contribution in [0.4, 0.5) is 0 Å². The van der Waals surface area contributed by atoms with Gasteiger partial charge >= 0.3 is 0 Å². The van der Waals surface area contributed by atoms with Crippen molar-refractivity contribution >= 4 is 6.72 Å². The second kappa shape index (κ2) is 14.1. The summed E-state index contributed by atoms with van der Waals surface area (Å²) in [6.07, 6.45) is 7.77. The van der Waals surface area contributed by atoms with Crippen LogP contribution in [-0.4, -0.2) is 68.4 Å². The molecular weight excluding hydrogens is 558 g/mol. The maximum absolute atomic E-state index is 4.25. The maximum Gasteiger partial charge on any atom is 0.157 e. The van der Waals surface area contributed by atoms with E-state index in [1.165, 1.54) is 38.5 Å². The molecule has 0 saturated carbocycles. The van der Waals surface area contributed by atoms with E-state index in [1.807, 2.05) is 0 Å². The molecule has 0 aliphatic carbocycles. The zero-order valence-corrected chi connectivity index (χ0v) is 35.5. The van der Waals surface area contributed by atoms with E-state index in [2.05, 4.69) is 181 Å². The summed E-state index contributed by atoms with van der Waals surface area (Å²) in [7, 11) is 4.55. The first-order valence-corrected chi connectivity index (χ1v) is 18.5. The Bertz CT molecular complexity index is 879. The fourth-order valence-corrected chi connectivity index (χ4v) is 8.90. The van der Waals surface area contributed by atoms with Gasteiger partial charge in [-0.25, -0.2) is 4.58 Å². The van der Waals surface area contributed by atoms with Crippen molar-refractivity contribution in [3.8, 4) is 0 Å². The predicted octanol–water partition coefficient (Wildman–Crippen LogP) is 12.2. The highest BCUT2D eigenvalue weighted by Gasteiger charge is 2.51. The van der Waals surface area contributed by atoms with Crippen molar-refractivity contribution in [2.45, 2.75) is 225 Å². The molecule has 0 bridgehead atoms. The monoisotopic (exact) mass is 649 g/mol. The van der Waals surface area contributed by atoms with Crippen molar-refractivity contribution in [1.82, 2.24) is 9.80 Å². The van der Waals surface area contributed by atoms with Gasteiger partial charge in [-0.2, -0.15) is 0 Å². The van der Waals surface area contributed by atoms with Crippen molar-refractivity contribution in [1.29, 1.82) is 0 Å². The molecule has 276 valence electrons. The lowest BCUT2D eigenvalue weighted by molar-refractivity contribution is -0.673. The van der Waals surface area contributed by atoms with Crippen LogP contribution in [-0.2, 0) is 0 Å². The molecule has 0 aromatic rings. The van der Waals surface area contributed by atoms with Crippen LogP contribution in [0.5, 0.6) is 0 Å². The molecule has 3 saturated heterocycles. The molecule has 3 fully saturated rings. The molecule has 0 N–H and O–H groups in total. The van der Waals surface area contributed by atoms with Crippen molar-refractivity contribution in [2.75, 3.05) is 14.1 Å². The van der Waals surface area contributed by atoms with Gasteiger partial charge in [-0.1, -0.05) is 69.7 Å². The number of hydrogen-bond donors (Lipinski definition) is 0. The highest BCUT2D eigenvalue weighted by atomic mass is 15.2. The van der Waals surface area contributed by atoms with E-state index in [0.29, 0.717) is 38.4 Å². The highest BCUT2D eigenvalue weighted by Crippen LogP contribution is 2.48. The number of nitrogens with zero attached hydrogens (tertiary/aromatic N) is 3. The molecule has 0 atom stereocenters. The van der Waals surface area contributed by atoms with Crippen molar-refractivity contribution in [2.24, 2.45) is 34.0 Å². The van der Waals surface area contributed by atoms with Crippen LogP contribution in [0.25, 0.3) is 0 Å². The molecule has 3 heterocycles. The third-order valence-electron chi connectivity index (χ3n) is 13.2. The molecule has 0 aromatic heterocycles. The quantitative estimate of drug-likeness (QED) is 0.242. The first kappa shape index (κ1) is 45.6. The van der Waals surface area contributed by atoms with Crippen LogP contribution in [0.3, 0.4) is 0 Å². The van der Waals surface area contributed by atoms with Crippen LogP contribution in [0.15, 0.2) is 0 Å². The smallest absolute Gasteiger partial charge is 0.157 e. The molecule has 3 nitrogen and oxygen atoms in total. The first-order chi connectivity index (χ1) is 19.4. The molecule has 0 unspecified atom stereocenters. The SMILES string of the molecule is C.C=[N+]1C(C)(C)CC(C(C)(C)C)CC1(C)C.CN1C(C)(C)CC(C(C)(C)C)CC1(C)C.CN1C(C)(C)CC(C(C)(C)C)CC1(C)C. The summed E-state index contributed by atoms with van der Waals surface area (Å²) < 4.78 is 2.31. The summed E-state index contributed by atoms with van der Waals surface area (Å²) in [6, 6.07) is 0. The second-order valence-electron chi connectivity index (χ2n) is 22.8. The fraction of sp³-hybridized carbons (Fsp3) is 0.977. The lowest BCUT2D eigenvalue weighted by atomic mass is 9.65. The van der Waals surface area contributed by atoms with Crippen molar-refractivity contribution in [3.05, 3.63) is 0 Å². The van der Waals surface area contributed by atoms with Gasteiger partial charge in [0.15, 0.2) is 11.1 Å². The van der Waals surface area contributed by atoms with Gasteiger partial charge in [-0.15, -0.1) is 0 Å². The molecule has 3 heteroatoms. The normalized spacial score (nSPS) is 27.0. The molecule has 3 aliphatic heterocycles. The average molecular weight is 649 g/mol. The van der Waals surface area contributed by atoms with Crippen molar-refractivity contribution < 1.29 is 4.58 Å². The van der Waals surface area contributed by atoms with Gasteiger partial charge in [0.1, 0.15) is 6.72 Å². The Morgan fingerprint density at radius 1 is 0.435 bits per heavy atom. The number of likely N-dealkylation sites (tertiary alicyclic amines) is 2. The Hall–Kier alpha value is -0.410. The minimum absolute atomic E-state index is 0. The lowest BCUT2D eigenvalue weighted by Crippen LogP contribution is -2.60. The van der Waals surface area contributed by atoms with E-state index in [-0.39, 0.29) is 18.5 Å². The highest BCUT2D eigenvalue weighted by molar-refractivity contribution is 5.17. The van der Waals surface area contributed by atoms with E-state index < -0.39 is 0 Å². The topological polar surface area (TPSA) is 9.49 Å². The Morgan fingerprint density at radius 2 is 0.609 bits per heavy atom. The average Bonchev–Trinajstić information content (AvgIpc) is 2.77. The minimum Gasteiger partial charge on any atom is -0.296 e. The maximum atomic E-state index is 4.25. The van der Waals surface area contributed by atoms with Gasteiger partial charge in [0.05, 0.1) is 0 Å². The Labute approximate surface area is 293 Å². The molecule has 0 aromatic carbocycles. The van der Waals surface area contributed by atoms with Gasteiger partial charge in [0.2, 0.25) is 0 Å². The van der Waals surface area contributed by atoms with Crippen LogP contribution >= 0.6 is 0 Å². The van der Waals surface area contributed by atoms with E-state index in [1.54, 1.807) is 0 Å². The molecule has 3 rings (SSSR count). The van der Waals surface area contributed by atoms with Gasteiger partial charge in [0, 0.05) is 35.0 Å². The van der Waals surface area contributed by atoms with E-state index >= 15 is 0 Å². The standard InChI is InChI=1S/2C14H29N.C14H28N.CH4/c3*1-12(2,3)11-9-13(4,5)15(8)14(6,7)10-11;/h2*11H,9-10H2,1-8H3;11H,8-10H2,1-7H3;1H4/q;;+1;. The summed E-state index contributed by atoms with van der Waals surface area (Å²) in [6.45, 7) is 54.0.